The van der Waals surface area contributed by atoms with Crippen LogP contribution in [0.25, 0.3) is 0 Å². The van der Waals surface area contributed by atoms with Crippen molar-refractivity contribution in [2.45, 2.75) is 18.9 Å². The lowest BCUT2D eigenvalue weighted by Crippen LogP contribution is -2.45. The lowest BCUT2D eigenvalue weighted by molar-refractivity contribution is -0.142. The summed E-state index contributed by atoms with van der Waals surface area (Å²) in [7, 11) is 0. The number of rotatable bonds is 5. The second kappa shape index (κ2) is 6.18. The summed E-state index contributed by atoms with van der Waals surface area (Å²) in [6, 6.07) is 8.10. The average molecular weight is 276 g/mol. The molecule has 0 aromatic heterocycles. The molecule has 1 fully saturated rings. The van der Waals surface area contributed by atoms with Crippen LogP contribution >= 0.6 is 0 Å². The highest BCUT2D eigenvalue weighted by Gasteiger charge is 2.30. The highest BCUT2D eigenvalue weighted by Crippen LogP contribution is 2.10. The van der Waals surface area contributed by atoms with Gasteiger partial charge in [0.1, 0.15) is 6.04 Å². The third kappa shape index (κ3) is 3.57. The van der Waals surface area contributed by atoms with Gasteiger partial charge in [0.05, 0.1) is 5.92 Å². The highest BCUT2D eigenvalue weighted by atomic mass is 16.4. The maximum absolute atomic E-state index is 11.9. The zero-order valence-corrected chi connectivity index (χ0v) is 10.8. The lowest BCUT2D eigenvalue weighted by Gasteiger charge is -2.16. The van der Waals surface area contributed by atoms with Crippen molar-refractivity contribution in [3.63, 3.8) is 0 Å². The number of aliphatic carboxylic acids is 1. The summed E-state index contributed by atoms with van der Waals surface area (Å²) in [5.74, 6) is -2.15. The smallest absolute Gasteiger partial charge is 0.326 e. The Morgan fingerprint density at radius 2 is 2.05 bits per heavy atom. The first-order chi connectivity index (χ1) is 9.56. The molecule has 1 aliphatic heterocycles. The molecule has 2 amide bonds. The van der Waals surface area contributed by atoms with Crippen molar-refractivity contribution in [1.29, 1.82) is 0 Å². The number of carbonyl (C=O) groups excluding carboxylic acids is 2. The number of benzene rings is 1. The van der Waals surface area contributed by atoms with Crippen LogP contribution in [0.4, 0.5) is 0 Å². The predicted octanol–water partition coefficient (Wildman–Crippen LogP) is -0.0654. The van der Waals surface area contributed by atoms with E-state index in [0.29, 0.717) is 0 Å². The molecule has 2 atom stereocenters. The van der Waals surface area contributed by atoms with Gasteiger partial charge in [-0.05, 0) is 5.56 Å². The number of hydrogen-bond donors (Lipinski definition) is 3. The second-order valence-electron chi connectivity index (χ2n) is 4.79. The molecule has 1 aromatic rings. The molecule has 1 saturated heterocycles. The molecule has 106 valence electrons. The van der Waals surface area contributed by atoms with E-state index in [1.807, 2.05) is 30.3 Å². The SMILES string of the molecule is O=C1C[C@H](C(=O)N[C@H](Cc2ccccc2)C(=O)O)CN1. The van der Waals surface area contributed by atoms with Gasteiger partial charge in [0.25, 0.3) is 0 Å². The fourth-order valence-corrected chi connectivity index (χ4v) is 2.13. The molecule has 1 heterocycles. The quantitative estimate of drug-likeness (QED) is 0.701. The van der Waals surface area contributed by atoms with Crippen LogP contribution in [-0.2, 0) is 20.8 Å². The van der Waals surface area contributed by atoms with Gasteiger partial charge in [-0.15, -0.1) is 0 Å². The number of carbonyl (C=O) groups is 3. The van der Waals surface area contributed by atoms with E-state index < -0.39 is 23.8 Å². The summed E-state index contributed by atoms with van der Waals surface area (Å²) < 4.78 is 0. The Balaban J connectivity index is 1.97. The van der Waals surface area contributed by atoms with Gasteiger partial charge in [0.15, 0.2) is 0 Å². The third-order valence-corrected chi connectivity index (χ3v) is 3.25. The standard InChI is InChI=1S/C14H16N2O4/c17-12-7-10(8-15-12)13(18)16-11(14(19)20)6-9-4-2-1-3-5-9/h1-5,10-11H,6-8H2,(H,15,17)(H,16,18)(H,19,20)/t10-,11+/m0/s1. The first kappa shape index (κ1) is 14.0. The van der Waals surface area contributed by atoms with Gasteiger partial charge in [-0.2, -0.15) is 0 Å². The van der Waals surface area contributed by atoms with Crippen molar-refractivity contribution in [3.05, 3.63) is 35.9 Å². The molecule has 0 unspecified atom stereocenters. The summed E-state index contributed by atoms with van der Waals surface area (Å²) in [5, 5.41) is 14.2. The highest BCUT2D eigenvalue weighted by molar-refractivity contribution is 5.91. The van der Waals surface area contributed by atoms with Crippen LogP contribution in [0, 0.1) is 5.92 Å². The van der Waals surface area contributed by atoms with Crippen LogP contribution in [0.15, 0.2) is 30.3 Å². The first-order valence-electron chi connectivity index (χ1n) is 6.40. The van der Waals surface area contributed by atoms with Crippen molar-refractivity contribution in [1.82, 2.24) is 10.6 Å². The van der Waals surface area contributed by atoms with Gasteiger partial charge in [-0.1, -0.05) is 30.3 Å². The zero-order chi connectivity index (χ0) is 14.5. The predicted molar refractivity (Wildman–Crippen MR) is 70.8 cm³/mol. The molecule has 0 bridgehead atoms. The van der Waals surface area contributed by atoms with E-state index >= 15 is 0 Å². The van der Waals surface area contributed by atoms with Crippen molar-refractivity contribution >= 4 is 17.8 Å². The maximum Gasteiger partial charge on any atom is 0.326 e. The van der Waals surface area contributed by atoms with Gasteiger partial charge in [-0.3, -0.25) is 9.59 Å². The normalized spacial score (nSPS) is 19.2. The van der Waals surface area contributed by atoms with Crippen LogP contribution in [-0.4, -0.2) is 35.5 Å². The molecule has 0 aliphatic carbocycles. The van der Waals surface area contributed by atoms with Crippen molar-refractivity contribution < 1.29 is 19.5 Å². The number of carboxylic acid groups (broad SMARTS) is 1. The Morgan fingerprint density at radius 3 is 2.60 bits per heavy atom. The van der Waals surface area contributed by atoms with Crippen LogP contribution in [0.3, 0.4) is 0 Å². The Bertz CT molecular complexity index is 515. The summed E-state index contributed by atoms with van der Waals surface area (Å²) in [5.41, 5.74) is 0.834. The lowest BCUT2D eigenvalue weighted by atomic mass is 10.0. The molecule has 2 rings (SSSR count). The monoisotopic (exact) mass is 276 g/mol. The maximum atomic E-state index is 11.9. The molecular weight excluding hydrogens is 260 g/mol. The van der Waals surface area contributed by atoms with E-state index in [9.17, 15) is 19.5 Å². The first-order valence-corrected chi connectivity index (χ1v) is 6.40. The fourth-order valence-electron chi connectivity index (χ4n) is 2.13. The van der Waals surface area contributed by atoms with Crippen molar-refractivity contribution in [3.8, 4) is 0 Å². The number of carboxylic acids is 1. The third-order valence-electron chi connectivity index (χ3n) is 3.25. The Hall–Kier alpha value is -2.37. The molecule has 0 spiro atoms. The summed E-state index contributed by atoms with van der Waals surface area (Å²) >= 11 is 0. The minimum absolute atomic E-state index is 0.115. The van der Waals surface area contributed by atoms with Crippen LogP contribution in [0.2, 0.25) is 0 Å². The van der Waals surface area contributed by atoms with Gasteiger partial charge in [0, 0.05) is 19.4 Å². The van der Waals surface area contributed by atoms with Crippen molar-refractivity contribution in [2.75, 3.05) is 6.54 Å². The second-order valence-corrected chi connectivity index (χ2v) is 4.79. The van der Waals surface area contributed by atoms with Crippen LogP contribution < -0.4 is 10.6 Å². The average Bonchev–Trinajstić information content (AvgIpc) is 2.86. The Kier molecular flexibility index (Phi) is 4.34. The van der Waals surface area contributed by atoms with E-state index in [0.717, 1.165) is 5.56 Å². The molecule has 20 heavy (non-hydrogen) atoms. The van der Waals surface area contributed by atoms with Gasteiger partial charge in [0.2, 0.25) is 11.8 Å². The zero-order valence-electron chi connectivity index (χ0n) is 10.8. The Morgan fingerprint density at radius 1 is 1.35 bits per heavy atom. The van der Waals surface area contributed by atoms with Gasteiger partial charge >= 0.3 is 5.97 Å². The van der Waals surface area contributed by atoms with E-state index in [-0.39, 0.29) is 25.3 Å². The van der Waals surface area contributed by atoms with E-state index in [2.05, 4.69) is 10.6 Å². The minimum atomic E-state index is -1.08. The molecule has 6 nitrogen and oxygen atoms in total. The molecule has 1 aliphatic rings. The molecule has 1 aromatic carbocycles. The molecular formula is C14H16N2O4. The fraction of sp³-hybridized carbons (Fsp3) is 0.357. The van der Waals surface area contributed by atoms with Crippen LogP contribution in [0.5, 0.6) is 0 Å². The number of hydrogen-bond acceptors (Lipinski definition) is 3. The number of nitrogens with one attached hydrogen (secondary N) is 2. The van der Waals surface area contributed by atoms with Gasteiger partial charge in [-0.25, -0.2) is 4.79 Å². The molecule has 3 N–H and O–H groups in total. The number of amides is 2. The molecule has 0 saturated carbocycles. The Labute approximate surface area is 116 Å². The summed E-state index contributed by atoms with van der Waals surface area (Å²) in [4.78, 5) is 34.2. The van der Waals surface area contributed by atoms with Crippen molar-refractivity contribution in [2.24, 2.45) is 5.92 Å². The molecule has 0 radical (unpaired) electrons. The largest absolute Gasteiger partial charge is 0.480 e. The van der Waals surface area contributed by atoms with Crippen LogP contribution in [0.1, 0.15) is 12.0 Å². The topological polar surface area (TPSA) is 95.5 Å². The van der Waals surface area contributed by atoms with E-state index in [4.69, 9.17) is 0 Å². The summed E-state index contributed by atoms with van der Waals surface area (Å²) in [6.45, 7) is 0.266. The van der Waals surface area contributed by atoms with Gasteiger partial charge < -0.3 is 15.7 Å². The minimum Gasteiger partial charge on any atom is -0.480 e. The van der Waals surface area contributed by atoms with E-state index in [1.165, 1.54) is 0 Å². The summed E-state index contributed by atoms with van der Waals surface area (Å²) in [6.07, 6.45) is 0.333. The van der Waals surface area contributed by atoms with E-state index in [1.54, 1.807) is 0 Å². The molecule has 6 heteroatoms.